The largest absolute Gasteiger partial charge is 0.352 e. The molecule has 1 atom stereocenters. The van der Waals surface area contributed by atoms with E-state index in [4.69, 9.17) is 0 Å². The predicted octanol–water partition coefficient (Wildman–Crippen LogP) is 2.77. The molecular formula is C12H21N5S. The van der Waals surface area contributed by atoms with Crippen molar-refractivity contribution in [3.05, 3.63) is 0 Å². The highest BCUT2D eigenvalue weighted by molar-refractivity contribution is 7.98. The lowest BCUT2D eigenvalue weighted by Crippen LogP contribution is -2.18. The van der Waals surface area contributed by atoms with Gasteiger partial charge in [0.05, 0.1) is 0 Å². The maximum absolute atomic E-state index is 4.43. The third-order valence-corrected chi connectivity index (χ3v) is 3.35. The minimum atomic E-state index is 0.390. The summed E-state index contributed by atoms with van der Waals surface area (Å²) < 4.78 is 0. The van der Waals surface area contributed by atoms with Crippen LogP contribution >= 0.6 is 11.8 Å². The van der Waals surface area contributed by atoms with Crippen LogP contribution in [-0.4, -0.2) is 33.3 Å². The number of thioether (sulfide) groups is 1. The second kappa shape index (κ2) is 6.22. The van der Waals surface area contributed by atoms with Gasteiger partial charge in [-0.25, -0.2) is 0 Å². The molecule has 1 fully saturated rings. The van der Waals surface area contributed by atoms with Crippen LogP contribution in [0.1, 0.15) is 39.5 Å². The molecule has 100 valence electrons. The summed E-state index contributed by atoms with van der Waals surface area (Å²) in [6.45, 7) is 4.33. The Kier molecular flexibility index (Phi) is 4.63. The van der Waals surface area contributed by atoms with Gasteiger partial charge in [-0.05, 0) is 32.4 Å². The Bertz CT molecular complexity index is 394. The fraction of sp³-hybridized carbons (Fsp3) is 0.750. The first-order chi connectivity index (χ1) is 8.71. The van der Waals surface area contributed by atoms with Crippen LogP contribution in [0.5, 0.6) is 0 Å². The highest BCUT2D eigenvalue weighted by atomic mass is 32.2. The van der Waals surface area contributed by atoms with Crippen molar-refractivity contribution in [2.45, 2.75) is 56.8 Å². The predicted molar refractivity (Wildman–Crippen MR) is 76.2 cm³/mol. The first-order valence-electron chi connectivity index (χ1n) is 6.54. The van der Waals surface area contributed by atoms with Gasteiger partial charge in [0.2, 0.25) is 11.9 Å². The summed E-state index contributed by atoms with van der Waals surface area (Å²) in [6.07, 6.45) is 6.69. The van der Waals surface area contributed by atoms with Crippen LogP contribution in [-0.2, 0) is 0 Å². The lowest BCUT2D eigenvalue weighted by atomic mass is 10.2. The molecule has 2 N–H and O–H groups in total. The molecule has 0 saturated heterocycles. The molecule has 1 unspecified atom stereocenters. The third kappa shape index (κ3) is 4.01. The molecule has 6 heteroatoms. The molecule has 0 aromatic carbocycles. The van der Waals surface area contributed by atoms with E-state index in [0.29, 0.717) is 24.0 Å². The summed E-state index contributed by atoms with van der Waals surface area (Å²) in [4.78, 5) is 13.2. The van der Waals surface area contributed by atoms with Crippen LogP contribution in [0.15, 0.2) is 5.16 Å². The molecule has 1 aromatic heterocycles. The Hall–Kier alpha value is -1.04. The first kappa shape index (κ1) is 13.4. The molecule has 1 aromatic rings. The highest BCUT2D eigenvalue weighted by Crippen LogP contribution is 2.24. The summed E-state index contributed by atoms with van der Waals surface area (Å²) in [7, 11) is 0. The van der Waals surface area contributed by atoms with Crippen molar-refractivity contribution >= 4 is 23.7 Å². The molecular weight excluding hydrogens is 246 g/mol. The van der Waals surface area contributed by atoms with E-state index >= 15 is 0 Å². The van der Waals surface area contributed by atoms with Crippen LogP contribution in [0.25, 0.3) is 0 Å². The molecule has 0 bridgehead atoms. The van der Waals surface area contributed by atoms with Gasteiger partial charge in [-0.3, -0.25) is 0 Å². The van der Waals surface area contributed by atoms with Gasteiger partial charge in [-0.2, -0.15) is 15.0 Å². The molecule has 0 spiro atoms. The zero-order valence-electron chi connectivity index (χ0n) is 11.2. The van der Waals surface area contributed by atoms with E-state index in [-0.39, 0.29) is 0 Å². The van der Waals surface area contributed by atoms with Crippen molar-refractivity contribution in [3.63, 3.8) is 0 Å². The molecule has 1 aliphatic rings. The monoisotopic (exact) mass is 267 g/mol. The van der Waals surface area contributed by atoms with E-state index in [0.717, 1.165) is 18.0 Å². The summed E-state index contributed by atoms with van der Waals surface area (Å²) in [5.74, 6) is 1.38. The lowest BCUT2D eigenvalue weighted by molar-refractivity contribution is 0.680. The van der Waals surface area contributed by atoms with Gasteiger partial charge in [0.1, 0.15) is 0 Å². The van der Waals surface area contributed by atoms with Gasteiger partial charge >= 0.3 is 0 Å². The van der Waals surface area contributed by atoms with Crippen LogP contribution in [0.3, 0.4) is 0 Å². The van der Waals surface area contributed by atoms with Crippen molar-refractivity contribution < 1.29 is 0 Å². The fourth-order valence-electron chi connectivity index (χ4n) is 1.71. The van der Waals surface area contributed by atoms with Crippen LogP contribution < -0.4 is 10.6 Å². The van der Waals surface area contributed by atoms with Crippen molar-refractivity contribution in [2.75, 3.05) is 16.9 Å². The van der Waals surface area contributed by atoms with Gasteiger partial charge < -0.3 is 10.6 Å². The zero-order chi connectivity index (χ0) is 13.0. The first-order valence-corrected chi connectivity index (χ1v) is 7.77. The molecule has 5 nitrogen and oxygen atoms in total. The number of hydrogen-bond acceptors (Lipinski definition) is 6. The van der Waals surface area contributed by atoms with Gasteiger partial charge in [-0.15, -0.1) is 0 Å². The van der Waals surface area contributed by atoms with Gasteiger partial charge in [0.15, 0.2) is 5.16 Å². The van der Waals surface area contributed by atoms with Crippen LogP contribution in [0.4, 0.5) is 11.9 Å². The molecule has 0 radical (unpaired) electrons. The van der Waals surface area contributed by atoms with E-state index in [9.17, 15) is 0 Å². The van der Waals surface area contributed by atoms with E-state index in [1.54, 1.807) is 11.8 Å². The van der Waals surface area contributed by atoms with Crippen LogP contribution in [0, 0.1) is 0 Å². The fourth-order valence-corrected chi connectivity index (χ4v) is 2.07. The second-order valence-corrected chi connectivity index (χ2v) is 5.50. The van der Waals surface area contributed by atoms with Crippen LogP contribution in [0.2, 0.25) is 0 Å². The highest BCUT2D eigenvalue weighted by Gasteiger charge is 2.22. The quantitative estimate of drug-likeness (QED) is 0.741. The van der Waals surface area contributed by atoms with Gasteiger partial charge in [-0.1, -0.05) is 25.1 Å². The van der Waals surface area contributed by atoms with Crippen molar-refractivity contribution in [2.24, 2.45) is 0 Å². The Morgan fingerprint density at radius 1 is 1.28 bits per heavy atom. The zero-order valence-corrected chi connectivity index (χ0v) is 12.0. The average molecular weight is 267 g/mol. The number of nitrogens with zero attached hydrogens (tertiary/aromatic N) is 3. The number of nitrogens with one attached hydrogen (secondary N) is 2. The third-order valence-electron chi connectivity index (χ3n) is 2.81. The molecule has 2 rings (SSSR count). The molecule has 1 saturated carbocycles. The smallest absolute Gasteiger partial charge is 0.228 e. The van der Waals surface area contributed by atoms with E-state index in [1.807, 2.05) is 6.26 Å². The number of anilines is 2. The topological polar surface area (TPSA) is 62.7 Å². The minimum absolute atomic E-state index is 0.390. The molecule has 0 amide bonds. The molecule has 0 aliphatic heterocycles. The van der Waals surface area contributed by atoms with Gasteiger partial charge in [0.25, 0.3) is 0 Å². The minimum Gasteiger partial charge on any atom is -0.352 e. The molecule has 18 heavy (non-hydrogen) atoms. The maximum atomic E-state index is 4.43. The maximum Gasteiger partial charge on any atom is 0.228 e. The Morgan fingerprint density at radius 2 is 2.00 bits per heavy atom. The Morgan fingerprint density at radius 3 is 2.61 bits per heavy atom. The summed E-state index contributed by atoms with van der Waals surface area (Å²) in [5.41, 5.74) is 0. The van der Waals surface area contributed by atoms with Gasteiger partial charge in [0, 0.05) is 12.1 Å². The van der Waals surface area contributed by atoms with Crippen molar-refractivity contribution in [1.29, 1.82) is 0 Å². The number of hydrogen-bond donors (Lipinski definition) is 2. The average Bonchev–Trinajstić information content (AvgIpc) is 3.12. The van der Waals surface area contributed by atoms with Crippen molar-refractivity contribution in [1.82, 2.24) is 15.0 Å². The summed E-state index contributed by atoms with van der Waals surface area (Å²) >= 11 is 1.54. The summed E-state index contributed by atoms with van der Waals surface area (Å²) in [6, 6.07) is 0.948. The lowest BCUT2D eigenvalue weighted by Gasteiger charge is -2.13. The van der Waals surface area contributed by atoms with Crippen molar-refractivity contribution in [3.8, 4) is 0 Å². The normalized spacial score (nSPS) is 16.4. The molecule has 1 heterocycles. The Labute approximate surface area is 113 Å². The Balaban J connectivity index is 2.06. The molecule has 1 aliphatic carbocycles. The van der Waals surface area contributed by atoms with E-state index < -0.39 is 0 Å². The SMILES string of the molecule is CCCC(C)Nc1nc(NC2CC2)nc(SC)n1. The second-order valence-electron chi connectivity index (χ2n) is 4.72. The van der Waals surface area contributed by atoms with E-state index in [2.05, 4.69) is 39.4 Å². The number of aromatic nitrogens is 3. The summed E-state index contributed by atoms with van der Waals surface area (Å²) in [5, 5.41) is 7.42. The number of rotatable bonds is 7. The standard InChI is InChI=1S/C12H21N5S/c1-4-5-8(2)13-10-15-11(14-9-6-7-9)17-12(16-10)18-3/h8-9H,4-7H2,1-3H3,(H2,13,14,15,16,17). The van der Waals surface area contributed by atoms with E-state index in [1.165, 1.54) is 12.8 Å².